The highest BCUT2D eigenvalue weighted by atomic mass is 19.1. The van der Waals surface area contributed by atoms with Crippen LogP contribution < -0.4 is 15.4 Å². The van der Waals surface area contributed by atoms with Crippen LogP contribution in [0.25, 0.3) is 16.8 Å². The summed E-state index contributed by atoms with van der Waals surface area (Å²) in [4.78, 5) is 7.13. The molecule has 0 unspecified atom stereocenters. The molecule has 2 N–H and O–H groups in total. The largest absolute Gasteiger partial charge is 0.492 e. The van der Waals surface area contributed by atoms with Gasteiger partial charge in [0.2, 0.25) is 0 Å². The van der Waals surface area contributed by atoms with Gasteiger partial charge in [-0.15, -0.1) is 0 Å². The monoisotopic (exact) mass is 396 g/mol. The van der Waals surface area contributed by atoms with E-state index in [9.17, 15) is 4.39 Å². The van der Waals surface area contributed by atoms with E-state index in [0.29, 0.717) is 29.1 Å². The van der Waals surface area contributed by atoms with Crippen molar-refractivity contribution in [3.05, 3.63) is 42.5 Å². The predicted octanol–water partition coefficient (Wildman–Crippen LogP) is 2.39. The van der Waals surface area contributed by atoms with Gasteiger partial charge in [0.25, 0.3) is 0 Å². The van der Waals surface area contributed by atoms with E-state index in [4.69, 9.17) is 4.74 Å². The molecule has 0 saturated carbocycles. The Bertz CT molecular complexity index is 1050. The predicted molar refractivity (Wildman–Crippen MR) is 110 cm³/mol. The second-order valence-electron chi connectivity index (χ2n) is 8.41. The van der Waals surface area contributed by atoms with Crippen molar-refractivity contribution in [1.82, 2.24) is 24.8 Å². The molecule has 0 spiro atoms. The molecule has 0 radical (unpaired) electrons. The molecule has 5 rings (SSSR count). The van der Waals surface area contributed by atoms with Crippen molar-refractivity contribution in [1.29, 1.82) is 0 Å². The smallest absolute Gasteiger partial charge is 0.165 e. The second kappa shape index (κ2) is 6.96. The third kappa shape index (κ3) is 3.54. The summed E-state index contributed by atoms with van der Waals surface area (Å²) in [6, 6.07) is 7.00. The minimum absolute atomic E-state index is 0.0502. The fourth-order valence-electron chi connectivity index (χ4n) is 4.12. The van der Waals surface area contributed by atoms with Gasteiger partial charge in [-0.1, -0.05) is 0 Å². The van der Waals surface area contributed by atoms with E-state index in [1.165, 1.54) is 6.07 Å². The molecular formula is C21H25FN6O. The van der Waals surface area contributed by atoms with Crippen LogP contribution in [0.5, 0.6) is 5.75 Å². The number of piperazine rings is 1. The third-order valence-electron chi connectivity index (χ3n) is 5.68. The second-order valence-corrected chi connectivity index (χ2v) is 8.41. The van der Waals surface area contributed by atoms with Crippen molar-refractivity contribution in [2.24, 2.45) is 0 Å². The summed E-state index contributed by atoms with van der Waals surface area (Å²) in [7, 11) is 0. The van der Waals surface area contributed by atoms with Gasteiger partial charge in [0.05, 0.1) is 12.2 Å². The molecule has 1 aromatic carbocycles. The molecule has 1 fully saturated rings. The van der Waals surface area contributed by atoms with Gasteiger partial charge in [-0.25, -0.2) is 13.9 Å². The first kappa shape index (κ1) is 18.3. The first-order valence-corrected chi connectivity index (χ1v) is 9.99. The summed E-state index contributed by atoms with van der Waals surface area (Å²) in [6.45, 7) is 8.39. The topological polar surface area (TPSA) is 66.7 Å². The van der Waals surface area contributed by atoms with E-state index in [1.807, 2.05) is 12.3 Å². The van der Waals surface area contributed by atoms with Gasteiger partial charge in [0.15, 0.2) is 5.65 Å². The van der Waals surface area contributed by atoms with Crippen LogP contribution in [-0.2, 0) is 0 Å². The van der Waals surface area contributed by atoms with E-state index in [0.717, 1.165) is 32.0 Å². The summed E-state index contributed by atoms with van der Waals surface area (Å²) in [5.41, 5.74) is 1.76. The molecule has 2 aromatic heterocycles. The third-order valence-corrected chi connectivity index (χ3v) is 5.68. The Morgan fingerprint density at radius 3 is 3.03 bits per heavy atom. The van der Waals surface area contributed by atoms with Crippen molar-refractivity contribution >= 4 is 11.5 Å². The highest BCUT2D eigenvalue weighted by Gasteiger charge is 2.32. The molecule has 2 aliphatic heterocycles. The Hall–Kier alpha value is -2.71. The first-order chi connectivity index (χ1) is 14.0. The molecule has 29 heavy (non-hydrogen) atoms. The molecule has 1 saturated heterocycles. The molecule has 8 heteroatoms. The van der Waals surface area contributed by atoms with Crippen molar-refractivity contribution in [2.75, 3.05) is 38.1 Å². The summed E-state index contributed by atoms with van der Waals surface area (Å²) in [5, 5.41) is 11.3. The van der Waals surface area contributed by atoms with Gasteiger partial charge >= 0.3 is 0 Å². The molecule has 0 amide bonds. The van der Waals surface area contributed by atoms with Gasteiger partial charge in [0, 0.05) is 49.0 Å². The van der Waals surface area contributed by atoms with E-state index in [1.54, 1.807) is 22.8 Å². The van der Waals surface area contributed by atoms with Gasteiger partial charge in [-0.05, 0) is 38.1 Å². The molecule has 7 nitrogen and oxygen atoms in total. The molecular weight excluding hydrogens is 371 g/mol. The minimum atomic E-state index is -0.317. The number of halogens is 1. The number of hydrogen-bond acceptors (Lipinski definition) is 6. The lowest BCUT2D eigenvalue weighted by Crippen LogP contribution is -2.63. The van der Waals surface area contributed by atoms with E-state index < -0.39 is 0 Å². The molecule has 4 heterocycles. The van der Waals surface area contributed by atoms with Crippen LogP contribution in [0.2, 0.25) is 0 Å². The van der Waals surface area contributed by atoms with Gasteiger partial charge in [-0.3, -0.25) is 4.90 Å². The molecule has 0 aliphatic carbocycles. The van der Waals surface area contributed by atoms with E-state index >= 15 is 0 Å². The fraction of sp³-hybridized carbons (Fsp3) is 0.429. The minimum Gasteiger partial charge on any atom is -0.492 e. The zero-order valence-electron chi connectivity index (χ0n) is 16.7. The Labute approximate surface area is 168 Å². The van der Waals surface area contributed by atoms with E-state index in [2.05, 4.69) is 39.5 Å². The van der Waals surface area contributed by atoms with Crippen LogP contribution in [0, 0.1) is 5.82 Å². The highest BCUT2D eigenvalue weighted by molar-refractivity contribution is 5.78. The molecule has 152 valence electrons. The maximum atomic E-state index is 14.6. The number of benzene rings is 1. The van der Waals surface area contributed by atoms with Crippen LogP contribution in [0.15, 0.2) is 36.7 Å². The molecule has 2 aliphatic rings. The number of aromatic nitrogens is 3. The number of fused-ring (bicyclic) bond motifs is 5. The summed E-state index contributed by atoms with van der Waals surface area (Å²) in [5.74, 6) is 1.09. The Balaban J connectivity index is 1.56. The number of ether oxygens (including phenoxy) is 1. The lowest BCUT2D eigenvalue weighted by Gasteiger charge is -2.44. The summed E-state index contributed by atoms with van der Waals surface area (Å²) < 4.78 is 22.4. The Kier molecular flexibility index (Phi) is 4.40. The van der Waals surface area contributed by atoms with Crippen LogP contribution in [0.1, 0.15) is 13.8 Å². The Morgan fingerprint density at radius 2 is 2.14 bits per heavy atom. The number of nitrogens with one attached hydrogen (secondary N) is 2. The van der Waals surface area contributed by atoms with Crippen LogP contribution in [0.3, 0.4) is 0 Å². The van der Waals surface area contributed by atoms with E-state index in [-0.39, 0.29) is 17.4 Å². The highest BCUT2D eigenvalue weighted by Crippen LogP contribution is 2.30. The normalized spacial score (nSPS) is 21.8. The van der Waals surface area contributed by atoms with Crippen LogP contribution >= 0.6 is 0 Å². The molecule has 3 aromatic rings. The number of anilines is 1. The van der Waals surface area contributed by atoms with Crippen molar-refractivity contribution < 1.29 is 9.13 Å². The standard InChI is InChI=1S/C21H25FN6O/c1-21(2)13-27-8-6-23-19-5-7-28-20(26-19)17(11-25-28)16-9-15(3-4-18(16)22)29-12-14(27)10-24-21/h3-5,7,9,11,14,24H,6,8,10,12-13H2,1-2H3,(H,23,26)/t14-/m0/s1. The maximum absolute atomic E-state index is 14.6. The lowest BCUT2D eigenvalue weighted by molar-refractivity contribution is 0.0674. The quantitative estimate of drug-likeness (QED) is 0.608. The maximum Gasteiger partial charge on any atom is 0.165 e. The summed E-state index contributed by atoms with van der Waals surface area (Å²) >= 11 is 0. The fourth-order valence-corrected chi connectivity index (χ4v) is 4.12. The van der Waals surface area contributed by atoms with Crippen LogP contribution in [-0.4, -0.2) is 63.9 Å². The van der Waals surface area contributed by atoms with Crippen LogP contribution in [0.4, 0.5) is 10.2 Å². The zero-order valence-corrected chi connectivity index (χ0v) is 16.7. The first-order valence-electron chi connectivity index (χ1n) is 9.99. The average Bonchev–Trinajstić information content (AvgIpc) is 3.10. The zero-order chi connectivity index (χ0) is 20.0. The van der Waals surface area contributed by atoms with Gasteiger partial charge in [0.1, 0.15) is 24.0 Å². The van der Waals surface area contributed by atoms with Crippen molar-refractivity contribution in [2.45, 2.75) is 25.4 Å². The van der Waals surface area contributed by atoms with Crippen molar-refractivity contribution in [3.8, 4) is 16.9 Å². The molecule has 4 bridgehead atoms. The van der Waals surface area contributed by atoms with Crippen molar-refractivity contribution in [3.63, 3.8) is 0 Å². The SMILES string of the molecule is CC1(C)CN2CCNc3ccn4ncc(c4n3)-c3cc(ccc3F)OC[C@@H]2CN1. The molecule has 1 atom stereocenters. The number of hydrogen-bond donors (Lipinski definition) is 2. The number of rotatable bonds is 0. The number of nitrogens with zero attached hydrogens (tertiary/aromatic N) is 4. The lowest BCUT2D eigenvalue weighted by atomic mass is 9.99. The summed E-state index contributed by atoms with van der Waals surface area (Å²) in [6.07, 6.45) is 3.49. The average molecular weight is 396 g/mol. The van der Waals surface area contributed by atoms with Gasteiger partial charge < -0.3 is 15.4 Å². The van der Waals surface area contributed by atoms with Gasteiger partial charge in [-0.2, -0.15) is 5.10 Å². The Morgan fingerprint density at radius 1 is 1.24 bits per heavy atom.